The fourth-order valence-electron chi connectivity index (χ4n) is 7.66. The van der Waals surface area contributed by atoms with Crippen LogP contribution in [-0.2, 0) is 19.1 Å². The number of nitrogens with zero attached hydrogens (tertiary/aromatic N) is 2. The van der Waals surface area contributed by atoms with E-state index in [1.165, 1.54) is 10.0 Å². The molecule has 6 N–H and O–H groups in total. The lowest BCUT2D eigenvalue weighted by molar-refractivity contribution is -0.230. The zero-order valence-corrected chi connectivity index (χ0v) is 28.7. The van der Waals surface area contributed by atoms with E-state index in [9.17, 15) is 50.6 Å². The zero-order valence-electron chi connectivity index (χ0n) is 28.7. The van der Waals surface area contributed by atoms with Crippen molar-refractivity contribution in [1.29, 1.82) is 0 Å². The van der Waals surface area contributed by atoms with Crippen LogP contribution in [0.1, 0.15) is 85.0 Å². The Labute approximate surface area is 291 Å². The van der Waals surface area contributed by atoms with Gasteiger partial charge < -0.3 is 25.4 Å². The van der Waals surface area contributed by atoms with Gasteiger partial charge in [-0.05, 0) is 78.1 Å². The molecule has 0 bridgehead atoms. The van der Waals surface area contributed by atoms with Crippen LogP contribution >= 0.6 is 0 Å². The van der Waals surface area contributed by atoms with Crippen LogP contribution in [0.2, 0.25) is 0 Å². The van der Waals surface area contributed by atoms with Crippen LogP contribution in [-0.4, -0.2) is 93.3 Å². The molecule has 51 heavy (non-hydrogen) atoms. The van der Waals surface area contributed by atoms with E-state index < -0.39 is 115 Å². The molecule has 2 saturated heterocycles. The van der Waals surface area contributed by atoms with Gasteiger partial charge in [0.25, 0.3) is 0 Å². The van der Waals surface area contributed by atoms with Gasteiger partial charge in [0.05, 0.1) is 24.0 Å². The number of hydrogen-bond acceptors (Lipinski definition) is 9. The number of carboxylic acid groups (broad SMARTS) is 1. The highest BCUT2D eigenvalue weighted by Gasteiger charge is 2.62. The number of rotatable bonds is 4. The van der Waals surface area contributed by atoms with Gasteiger partial charge >= 0.3 is 24.4 Å². The minimum Gasteiger partial charge on any atom is -0.479 e. The van der Waals surface area contributed by atoms with Crippen LogP contribution in [0.5, 0.6) is 0 Å². The zero-order chi connectivity index (χ0) is 37.5. The van der Waals surface area contributed by atoms with Gasteiger partial charge in [-0.2, -0.15) is 37.0 Å². The van der Waals surface area contributed by atoms with Crippen molar-refractivity contribution in [2.24, 2.45) is 23.7 Å². The van der Waals surface area contributed by atoms with Gasteiger partial charge in [0.2, 0.25) is 11.8 Å². The number of aliphatic carboxylic acids is 1. The highest BCUT2D eigenvalue weighted by molar-refractivity contribution is 5.96. The molecular weight excluding hydrogens is 692 g/mol. The molecule has 5 rings (SSSR count). The predicted molar refractivity (Wildman–Crippen MR) is 167 cm³/mol. The third kappa shape index (κ3) is 9.26. The summed E-state index contributed by atoms with van der Waals surface area (Å²) >= 11 is 0. The van der Waals surface area contributed by atoms with Crippen molar-refractivity contribution < 1.29 is 55.4 Å². The second-order valence-electron chi connectivity index (χ2n) is 15.4. The molecule has 3 heterocycles. The number of fused-ring (bicyclic) bond motifs is 2. The Balaban J connectivity index is 1.37. The first-order chi connectivity index (χ1) is 23.7. The number of carbonyl (C=O) groups is 4. The molecule has 2 aliphatic carbocycles. The largest absolute Gasteiger partial charge is 0.479 e. The van der Waals surface area contributed by atoms with Crippen molar-refractivity contribution >= 4 is 23.9 Å². The first-order valence-electron chi connectivity index (χ1n) is 17.4. The molecule has 19 heteroatoms. The van der Waals surface area contributed by atoms with E-state index in [1.807, 2.05) is 6.08 Å². The Morgan fingerprint density at radius 1 is 0.980 bits per heavy atom. The van der Waals surface area contributed by atoms with Crippen LogP contribution in [0.15, 0.2) is 12.2 Å². The smallest absolute Gasteiger partial charge is 0.408 e. The summed E-state index contributed by atoms with van der Waals surface area (Å²) in [4.78, 5) is 54.5. The fraction of sp³-hybridized carbons (Fsp3) is 0.812. The van der Waals surface area contributed by atoms with Gasteiger partial charge in [-0.1, -0.05) is 25.0 Å². The maximum atomic E-state index is 14.2. The molecule has 0 aromatic carbocycles. The molecule has 0 aromatic rings. The number of alkyl halides is 6. The van der Waals surface area contributed by atoms with E-state index in [0.717, 1.165) is 6.42 Å². The van der Waals surface area contributed by atoms with Crippen LogP contribution in [0.25, 0.3) is 0 Å². The number of nitrogens with one attached hydrogen (secondary N) is 5. The molecule has 3 aliphatic heterocycles. The number of carboxylic acids is 1. The molecule has 288 valence electrons. The van der Waals surface area contributed by atoms with Crippen LogP contribution < -0.4 is 27.0 Å². The molecule has 5 aliphatic rings. The van der Waals surface area contributed by atoms with E-state index in [1.54, 1.807) is 26.8 Å². The number of hydrogen-bond donors (Lipinski definition) is 6. The van der Waals surface area contributed by atoms with Crippen molar-refractivity contribution in [2.45, 2.75) is 133 Å². The monoisotopic (exact) mass is 739 g/mol. The number of carbonyl (C=O) groups excluding carboxylic acids is 3. The Bertz CT molecular complexity index is 1340. The predicted octanol–water partition coefficient (Wildman–Crippen LogP) is 3.64. The fourth-order valence-corrected chi connectivity index (χ4v) is 7.66. The number of ether oxygens (including phenoxy) is 1. The van der Waals surface area contributed by atoms with E-state index in [2.05, 4.69) is 27.0 Å². The minimum absolute atomic E-state index is 0.0810. The average Bonchev–Trinajstić information content (AvgIpc) is 3.33. The van der Waals surface area contributed by atoms with E-state index in [-0.39, 0.29) is 25.8 Å². The van der Waals surface area contributed by atoms with Crippen molar-refractivity contribution in [3.63, 3.8) is 0 Å². The van der Waals surface area contributed by atoms with Gasteiger partial charge in [-0.3, -0.25) is 9.59 Å². The number of allylic oxidation sites excluding steroid dienone is 1. The average molecular weight is 740 g/mol. The third-order valence-electron chi connectivity index (χ3n) is 10.5. The molecule has 4 fully saturated rings. The summed E-state index contributed by atoms with van der Waals surface area (Å²) < 4.78 is 87.5. The third-order valence-corrected chi connectivity index (χ3v) is 10.5. The van der Waals surface area contributed by atoms with E-state index >= 15 is 0 Å². The van der Waals surface area contributed by atoms with Crippen molar-refractivity contribution in [3.05, 3.63) is 12.2 Å². The summed E-state index contributed by atoms with van der Waals surface area (Å²) in [6, 6.07) is -3.08. The number of amides is 3. The highest BCUT2D eigenvalue weighted by atomic mass is 19.4. The standard InChI is InChI=1S/C32H47F6N7O6/c1-29(2,3)51-28(50)39-22-10-8-6-4-5-7-9-18-15-30(18,27(48)49)40-25(46)23-14-21(16-44(23)26(22)47)45-42-24(41-43-45)17-11-19(31(33,34)35)13-20(12-17)32(36,37)38/h7,9,17-24,41-43H,4-6,8,10-16H2,1-3H3,(H,39,50)(H,40,46)(H,48,49)/b9-7-/t17?,18-,19?,20?,21-,22+,23+,24?,30-/m1/s1. The Kier molecular flexibility index (Phi) is 11.3. The van der Waals surface area contributed by atoms with Gasteiger partial charge in [-0.15, -0.1) is 0 Å². The lowest BCUT2D eigenvalue weighted by atomic mass is 9.73. The van der Waals surface area contributed by atoms with Gasteiger partial charge in [-0.25, -0.2) is 20.4 Å². The van der Waals surface area contributed by atoms with E-state index in [4.69, 9.17) is 4.74 Å². The van der Waals surface area contributed by atoms with Gasteiger partial charge in [0, 0.05) is 12.5 Å². The quantitative estimate of drug-likeness (QED) is 0.185. The number of halogens is 6. The second kappa shape index (κ2) is 14.7. The summed E-state index contributed by atoms with van der Waals surface area (Å²) in [5, 5.41) is 16.7. The first kappa shape index (κ1) is 39.1. The maximum Gasteiger partial charge on any atom is 0.408 e. The Hall–Kier alpha value is -3.16. The lowest BCUT2D eigenvalue weighted by Gasteiger charge is -2.38. The van der Waals surface area contributed by atoms with Crippen LogP contribution in [0.3, 0.4) is 0 Å². The SMILES string of the molecule is CC(C)(C)OC(=O)N[C@H]1CCCCC/C=C\[C@@H]2C[C@@]2(C(=O)O)NC(=O)[C@@H]2C[C@@H](N3NNC(C4CC(C(F)(F)F)CC(C(F)(F)F)C4)N3)CN2C1=O. The molecule has 0 spiro atoms. The first-order valence-corrected chi connectivity index (χ1v) is 17.4. The molecule has 2 saturated carbocycles. The summed E-state index contributed by atoms with van der Waals surface area (Å²) in [5.74, 6) is -8.43. The normalized spacial score (nSPS) is 36.6. The molecule has 8 atom stereocenters. The van der Waals surface area contributed by atoms with Crippen molar-refractivity contribution in [3.8, 4) is 0 Å². The molecule has 0 aromatic heterocycles. The molecule has 0 radical (unpaired) electrons. The maximum absolute atomic E-state index is 14.2. The molecule has 3 unspecified atom stereocenters. The second-order valence-corrected chi connectivity index (χ2v) is 15.4. The Morgan fingerprint density at radius 3 is 2.25 bits per heavy atom. The number of hydrazine groups is 3. The topological polar surface area (TPSA) is 164 Å². The summed E-state index contributed by atoms with van der Waals surface area (Å²) in [5.41, 5.74) is 5.96. The number of alkyl carbamates (subject to hydrolysis) is 1. The van der Waals surface area contributed by atoms with Gasteiger partial charge in [0.15, 0.2) is 0 Å². The van der Waals surface area contributed by atoms with Crippen molar-refractivity contribution in [1.82, 2.24) is 37.0 Å². The van der Waals surface area contributed by atoms with Crippen molar-refractivity contribution in [2.75, 3.05) is 6.54 Å². The summed E-state index contributed by atoms with van der Waals surface area (Å²) in [7, 11) is 0. The molecular formula is C32H47F6N7O6. The Morgan fingerprint density at radius 2 is 1.65 bits per heavy atom. The van der Waals surface area contributed by atoms with E-state index in [0.29, 0.717) is 19.3 Å². The molecule has 13 nitrogen and oxygen atoms in total. The summed E-state index contributed by atoms with van der Waals surface area (Å²) in [6.45, 7) is 4.82. The minimum atomic E-state index is -4.81. The van der Waals surface area contributed by atoms with Crippen LogP contribution in [0.4, 0.5) is 31.1 Å². The van der Waals surface area contributed by atoms with Gasteiger partial charge in [0.1, 0.15) is 23.2 Å². The lowest BCUT2D eigenvalue weighted by Crippen LogP contribution is -2.56. The highest BCUT2D eigenvalue weighted by Crippen LogP contribution is 2.49. The van der Waals surface area contributed by atoms with Crippen LogP contribution in [0, 0.1) is 23.7 Å². The molecule has 3 amide bonds. The summed E-state index contributed by atoms with van der Waals surface area (Å²) in [6.07, 6.45) is -7.08.